The number of hydrogen-bond donors (Lipinski definition) is 2. The van der Waals surface area contributed by atoms with E-state index < -0.39 is 6.10 Å². The van der Waals surface area contributed by atoms with Crippen molar-refractivity contribution in [3.05, 3.63) is 49.1 Å². The third-order valence-electron chi connectivity index (χ3n) is 3.21. The quantitative estimate of drug-likeness (QED) is 0.514. The Morgan fingerprint density at radius 2 is 2.00 bits per heavy atom. The molecular formula is C17H26N2O2. The molecule has 0 heterocycles. The van der Waals surface area contributed by atoms with Crippen molar-refractivity contribution in [3.63, 3.8) is 0 Å². The number of benzene rings is 1. The molecule has 0 fully saturated rings. The lowest BCUT2D eigenvalue weighted by Gasteiger charge is -2.21. The number of nitrogens with two attached hydrogens (primary N) is 1. The van der Waals surface area contributed by atoms with Crippen molar-refractivity contribution in [3.8, 4) is 5.75 Å². The molecule has 3 N–H and O–H groups in total. The third-order valence-corrected chi connectivity index (χ3v) is 3.21. The van der Waals surface area contributed by atoms with E-state index in [1.807, 2.05) is 31.2 Å². The van der Waals surface area contributed by atoms with Crippen LogP contribution in [-0.4, -0.2) is 36.2 Å². The van der Waals surface area contributed by atoms with Gasteiger partial charge in [-0.3, -0.25) is 4.90 Å². The Kier molecular flexibility index (Phi) is 7.58. The number of hydrogen-bond acceptors (Lipinski definition) is 4. The molecule has 0 aliphatic heterocycles. The van der Waals surface area contributed by atoms with Crippen molar-refractivity contribution >= 4 is 5.69 Å². The van der Waals surface area contributed by atoms with Crippen molar-refractivity contribution in [2.24, 2.45) is 0 Å². The van der Waals surface area contributed by atoms with E-state index in [0.717, 1.165) is 25.2 Å². The van der Waals surface area contributed by atoms with E-state index in [0.29, 0.717) is 24.5 Å². The molecule has 0 spiro atoms. The molecule has 1 aromatic carbocycles. The first kappa shape index (κ1) is 17.3. The number of aliphatic hydroxyl groups excluding tert-OH is 1. The van der Waals surface area contributed by atoms with Crippen molar-refractivity contribution in [2.75, 3.05) is 32.0 Å². The topological polar surface area (TPSA) is 58.7 Å². The highest BCUT2D eigenvalue weighted by molar-refractivity contribution is 5.54. The maximum absolute atomic E-state index is 10.3. The second-order valence-electron chi connectivity index (χ2n) is 4.87. The normalized spacial score (nSPS) is 12.1. The fourth-order valence-electron chi connectivity index (χ4n) is 2.15. The number of nitrogens with zero attached hydrogens (tertiary/aromatic N) is 1. The molecule has 0 radical (unpaired) electrons. The predicted octanol–water partition coefficient (Wildman–Crippen LogP) is 2.77. The van der Waals surface area contributed by atoms with Gasteiger partial charge in [-0.25, -0.2) is 0 Å². The number of nitrogen functional groups attached to an aromatic ring is 1. The summed E-state index contributed by atoms with van der Waals surface area (Å²) in [5.41, 5.74) is 7.29. The largest absolute Gasteiger partial charge is 0.492 e. The van der Waals surface area contributed by atoms with Crippen LogP contribution in [0.15, 0.2) is 43.5 Å². The smallest absolute Gasteiger partial charge is 0.142 e. The summed E-state index contributed by atoms with van der Waals surface area (Å²) >= 11 is 0. The fourth-order valence-corrected chi connectivity index (χ4v) is 2.15. The molecule has 0 aromatic heterocycles. The third kappa shape index (κ3) is 5.61. The lowest BCUT2D eigenvalue weighted by molar-refractivity contribution is 0.148. The maximum atomic E-state index is 10.3. The average molecular weight is 290 g/mol. The van der Waals surface area contributed by atoms with Gasteiger partial charge in [-0.05, 0) is 31.0 Å². The van der Waals surface area contributed by atoms with Crippen LogP contribution in [0.3, 0.4) is 0 Å². The molecule has 21 heavy (non-hydrogen) atoms. The van der Waals surface area contributed by atoms with Gasteiger partial charge in [0.15, 0.2) is 0 Å². The zero-order valence-corrected chi connectivity index (χ0v) is 12.8. The molecule has 0 amide bonds. The van der Waals surface area contributed by atoms with Crippen molar-refractivity contribution in [1.29, 1.82) is 0 Å². The highest BCUT2D eigenvalue weighted by atomic mass is 16.5. The van der Waals surface area contributed by atoms with Gasteiger partial charge in [0.1, 0.15) is 5.75 Å². The van der Waals surface area contributed by atoms with Gasteiger partial charge in [-0.2, -0.15) is 0 Å². The predicted molar refractivity (Wildman–Crippen MR) is 88.4 cm³/mol. The minimum atomic E-state index is -0.542. The Morgan fingerprint density at radius 1 is 1.33 bits per heavy atom. The lowest BCUT2D eigenvalue weighted by atomic mass is 10.1. The van der Waals surface area contributed by atoms with Gasteiger partial charge in [-0.1, -0.05) is 18.2 Å². The molecule has 0 aliphatic carbocycles. The van der Waals surface area contributed by atoms with Crippen LogP contribution in [0.1, 0.15) is 25.0 Å². The van der Waals surface area contributed by atoms with E-state index in [1.165, 1.54) is 0 Å². The Hall–Kier alpha value is -1.78. The summed E-state index contributed by atoms with van der Waals surface area (Å²) in [6.45, 7) is 12.3. The van der Waals surface area contributed by atoms with Crippen LogP contribution >= 0.6 is 0 Å². The highest BCUT2D eigenvalue weighted by Crippen LogP contribution is 2.27. The van der Waals surface area contributed by atoms with Crippen LogP contribution in [0.25, 0.3) is 0 Å². The molecule has 116 valence electrons. The fraction of sp³-hybridized carbons (Fsp3) is 0.412. The molecule has 0 aliphatic rings. The van der Waals surface area contributed by atoms with Crippen LogP contribution in [0.5, 0.6) is 5.75 Å². The van der Waals surface area contributed by atoms with Gasteiger partial charge in [0.2, 0.25) is 0 Å². The lowest BCUT2D eigenvalue weighted by Crippen LogP contribution is -2.26. The molecular weight excluding hydrogens is 264 g/mol. The summed E-state index contributed by atoms with van der Waals surface area (Å²) in [6.07, 6.45) is 3.80. The van der Waals surface area contributed by atoms with Gasteiger partial charge < -0.3 is 15.6 Å². The average Bonchev–Trinajstić information content (AvgIpc) is 2.47. The standard InChI is InChI=1S/C17H26N2O2/c1-4-10-19(11-5-2)12-9-16(20)14-7-8-17(21-6-3)15(18)13-14/h4-5,7-8,13,16,20H,1-2,6,9-12,18H2,3H3. The van der Waals surface area contributed by atoms with Gasteiger partial charge in [-0.15, -0.1) is 13.2 Å². The van der Waals surface area contributed by atoms with Crippen LogP contribution in [0, 0.1) is 0 Å². The first-order valence-corrected chi connectivity index (χ1v) is 7.26. The van der Waals surface area contributed by atoms with Gasteiger partial charge in [0, 0.05) is 19.6 Å². The van der Waals surface area contributed by atoms with E-state index in [2.05, 4.69) is 18.1 Å². The maximum Gasteiger partial charge on any atom is 0.142 e. The molecule has 4 heteroatoms. The molecule has 0 saturated carbocycles. The van der Waals surface area contributed by atoms with Crippen molar-refractivity contribution in [2.45, 2.75) is 19.4 Å². The van der Waals surface area contributed by atoms with E-state index in [1.54, 1.807) is 6.07 Å². The summed E-state index contributed by atoms with van der Waals surface area (Å²) in [4.78, 5) is 2.17. The Labute approximate surface area is 127 Å². The van der Waals surface area contributed by atoms with E-state index in [9.17, 15) is 5.11 Å². The molecule has 1 atom stereocenters. The van der Waals surface area contributed by atoms with Crippen LogP contribution in [-0.2, 0) is 0 Å². The monoisotopic (exact) mass is 290 g/mol. The minimum Gasteiger partial charge on any atom is -0.492 e. The molecule has 1 rings (SSSR count). The second-order valence-corrected chi connectivity index (χ2v) is 4.87. The Morgan fingerprint density at radius 3 is 2.52 bits per heavy atom. The van der Waals surface area contributed by atoms with Crippen LogP contribution in [0.2, 0.25) is 0 Å². The summed E-state index contributed by atoms with van der Waals surface area (Å²) in [7, 11) is 0. The van der Waals surface area contributed by atoms with Gasteiger partial charge >= 0.3 is 0 Å². The van der Waals surface area contributed by atoms with E-state index in [-0.39, 0.29) is 0 Å². The van der Waals surface area contributed by atoms with Gasteiger partial charge in [0.05, 0.1) is 18.4 Å². The van der Waals surface area contributed by atoms with Crippen LogP contribution < -0.4 is 10.5 Å². The highest BCUT2D eigenvalue weighted by Gasteiger charge is 2.12. The molecule has 0 saturated heterocycles. The Bertz CT molecular complexity index is 450. The van der Waals surface area contributed by atoms with E-state index in [4.69, 9.17) is 10.5 Å². The van der Waals surface area contributed by atoms with Crippen LogP contribution in [0.4, 0.5) is 5.69 Å². The van der Waals surface area contributed by atoms with E-state index >= 15 is 0 Å². The SMILES string of the molecule is C=CCN(CC=C)CCC(O)c1ccc(OCC)c(N)c1. The number of anilines is 1. The first-order chi connectivity index (χ1) is 10.1. The first-order valence-electron chi connectivity index (χ1n) is 7.26. The summed E-state index contributed by atoms with van der Waals surface area (Å²) < 4.78 is 5.40. The molecule has 1 unspecified atom stereocenters. The molecule has 1 aromatic rings. The molecule has 0 bridgehead atoms. The Balaban J connectivity index is 2.62. The van der Waals surface area contributed by atoms with Crippen molar-refractivity contribution in [1.82, 2.24) is 4.90 Å². The second kappa shape index (κ2) is 9.21. The van der Waals surface area contributed by atoms with Crippen molar-refractivity contribution < 1.29 is 9.84 Å². The summed E-state index contributed by atoms with van der Waals surface area (Å²) in [6, 6.07) is 5.45. The number of rotatable bonds is 10. The summed E-state index contributed by atoms with van der Waals surface area (Å²) in [5.74, 6) is 0.661. The summed E-state index contributed by atoms with van der Waals surface area (Å²) in [5, 5.41) is 10.3. The number of ether oxygens (including phenoxy) is 1. The zero-order chi connectivity index (χ0) is 15.7. The zero-order valence-electron chi connectivity index (χ0n) is 12.8. The molecule has 4 nitrogen and oxygen atoms in total. The minimum absolute atomic E-state index is 0.542. The van der Waals surface area contributed by atoms with Gasteiger partial charge in [0.25, 0.3) is 0 Å². The number of aliphatic hydroxyl groups is 1.